The van der Waals surface area contributed by atoms with Crippen LogP contribution < -0.4 is 0 Å². The highest BCUT2D eigenvalue weighted by Crippen LogP contribution is 2.33. The van der Waals surface area contributed by atoms with Crippen LogP contribution in [0.25, 0.3) is 0 Å². The first kappa shape index (κ1) is 13.8. The van der Waals surface area contributed by atoms with Crippen molar-refractivity contribution in [3.8, 4) is 0 Å². The molecule has 0 aromatic carbocycles. The fourth-order valence-electron chi connectivity index (χ4n) is 1.52. The van der Waals surface area contributed by atoms with Crippen molar-refractivity contribution < 1.29 is 0 Å². The van der Waals surface area contributed by atoms with Gasteiger partial charge in [0.2, 0.25) is 0 Å². The normalized spacial score (nSPS) is 27.0. The highest BCUT2D eigenvalue weighted by Gasteiger charge is 2.21. The molecule has 0 N–H and O–H groups in total. The number of hydrogen-bond donors (Lipinski definition) is 0. The van der Waals surface area contributed by atoms with Gasteiger partial charge in [-0.2, -0.15) is 47.0 Å². The van der Waals surface area contributed by atoms with E-state index in [2.05, 4.69) is 47.0 Å². The SMILES string of the molecule is C(CCCSCC1CS1)CCSCC1CS1. The topological polar surface area (TPSA) is 0 Å². The molecular weight excluding hydrogens is 272 g/mol. The summed E-state index contributed by atoms with van der Waals surface area (Å²) in [6, 6.07) is 0. The van der Waals surface area contributed by atoms with Crippen LogP contribution in [0.2, 0.25) is 0 Å². The first-order valence-electron chi connectivity index (χ1n) is 6.34. The molecule has 0 saturated carbocycles. The first-order valence-corrected chi connectivity index (χ1v) is 10.7. The predicted octanol–water partition coefficient (Wildman–Crippen LogP) is 4.24. The van der Waals surface area contributed by atoms with Crippen molar-refractivity contribution in [2.45, 2.75) is 36.2 Å². The van der Waals surface area contributed by atoms with E-state index in [0.717, 1.165) is 10.5 Å². The van der Waals surface area contributed by atoms with Crippen LogP contribution in [-0.4, -0.2) is 45.0 Å². The summed E-state index contributed by atoms with van der Waals surface area (Å²) in [5.41, 5.74) is 0. The molecule has 0 aliphatic carbocycles. The standard InChI is InChI=1S/C12H22S4/c1(3-5-13-7-11-9-15-11)2-4-6-14-8-12-10-16-12/h11-12H,1-10H2. The average molecular weight is 295 g/mol. The third-order valence-electron chi connectivity index (χ3n) is 2.74. The smallest absolute Gasteiger partial charge is 0.0229 e. The van der Waals surface area contributed by atoms with E-state index < -0.39 is 0 Å². The molecule has 2 heterocycles. The van der Waals surface area contributed by atoms with Crippen molar-refractivity contribution in [2.75, 3.05) is 34.5 Å². The third kappa shape index (κ3) is 7.67. The van der Waals surface area contributed by atoms with Gasteiger partial charge in [0, 0.05) is 33.5 Å². The molecule has 2 aliphatic rings. The minimum absolute atomic E-state index is 1.03. The summed E-state index contributed by atoms with van der Waals surface area (Å²) >= 11 is 8.61. The summed E-state index contributed by atoms with van der Waals surface area (Å²) in [6.45, 7) is 0. The van der Waals surface area contributed by atoms with Gasteiger partial charge in [-0.25, -0.2) is 0 Å². The molecule has 2 fully saturated rings. The van der Waals surface area contributed by atoms with Crippen LogP contribution in [0.15, 0.2) is 0 Å². The van der Waals surface area contributed by atoms with Gasteiger partial charge in [0.25, 0.3) is 0 Å². The van der Waals surface area contributed by atoms with Crippen LogP contribution in [-0.2, 0) is 0 Å². The van der Waals surface area contributed by atoms with Crippen molar-refractivity contribution in [2.24, 2.45) is 0 Å². The van der Waals surface area contributed by atoms with Gasteiger partial charge in [-0.15, -0.1) is 0 Å². The second kappa shape index (κ2) is 8.49. The molecule has 0 aromatic heterocycles. The highest BCUT2D eigenvalue weighted by atomic mass is 32.2. The summed E-state index contributed by atoms with van der Waals surface area (Å²) in [6.07, 6.45) is 5.82. The maximum absolute atomic E-state index is 2.18. The maximum Gasteiger partial charge on any atom is 0.0229 e. The van der Waals surface area contributed by atoms with Gasteiger partial charge < -0.3 is 0 Å². The monoisotopic (exact) mass is 294 g/mol. The average Bonchev–Trinajstić information content (AvgIpc) is 3.14. The fraction of sp³-hybridized carbons (Fsp3) is 1.00. The predicted molar refractivity (Wildman–Crippen MR) is 85.6 cm³/mol. The minimum atomic E-state index is 1.03. The van der Waals surface area contributed by atoms with E-state index in [0.29, 0.717) is 0 Å². The third-order valence-corrected chi connectivity index (χ3v) is 7.54. The summed E-state index contributed by atoms with van der Waals surface area (Å²) in [5.74, 6) is 8.51. The van der Waals surface area contributed by atoms with Crippen LogP contribution in [0.5, 0.6) is 0 Å². The number of rotatable bonds is 11. The number of hydrogen-bond acceptors (Lipinski definition) is 4. The molecule has 2 atom stereocenters. The lowest BCUT2D eigenvalue weighted by Gasteiger charge is -2.01. The molecule has 0 aromatic rings. The Labute approximate surface area is 117 Å². The number of thioether (sulfide) groups is 4. The van der Waals surface area contributed by atoms with E-state index in [-0.39, 0.29) is 0 Å². The Bertz CT molecular complexity index is 158. The zero-order chi connectivity index (χ0) is 11.1. The van der Waals surface area contributed by atoms with Crippen molar-refractivity contribution in [3.63, 3.8) is 0 Å². The van der Waals surface area contributed by atoms with Gasteiger partial charge in [-0.3, -0.25) is 0 Å². The Morgan fingerprint density at radius 2 is 1.19 bits per heavy atom. The van der Waals surface area contributed by atoms with E-state index >= 15 is 0 Å². The second-order valence-electron chi connectivity index (χ2n) is 4.47. The maximum atomic E-state index is 2.18. The van der Waals surface area contributed by atoms with Crippen molar-refractivity contribution in [1.82, 2.24) is 0 Å². The molecule has 0 amide bonds. The summed E-state index contributed by atoms with van der Waals surface area (Å²) in [7, 11) is 0. The lowest BCUT2D eigenvalue weighted by molar-refractivity contribution is 0.711. The Balaban J connectivity index is 1.22. The molecule has 4 heteroatoms. The minimum Gasteiger partial charge on any atom is -0.161 e. The Morgan fingerprint density at radius 1 is 0.750 bits per heavy atom. The first-order chi connectivity index (χ1) is 7.95. The van der Waals surface area contributed by atoms with E-state index in [1.165, 1.54) is 60.2 Å². The zero-order valence-electron chi connectivity index (χ0n) is 9.86. The van der Waals surface area contributed by atoms with Gasteiger partial charge in [-0.05, 0) is 24.3 Å². The zero-order valence-corrected chi connectivity index (χ0v) is 13.1. The molecule has 94 valence electrons. The number of unbranched alkanes of at least 4 members (excludes halogenated alkanes) is 3. The second-order valence-corrected chi connectivity index (χ2v) is 9.44. The molecule has 0 spiro atoms. The fourth-order valence-corrected chi connectivity index (χ4v) is 5.58. The molecule has 2 saturated heterocycles. The molecule has 2 rings (SSSR count). The van der Waals surface area contributed by atoms with Crippen LogP contribution in [0.3, 0.4) is 0 Å². The summed E-state index contributed by atoms with van der Waals surface area (Å²) in [4.78, 5) is 0. The van der Waals surface area contributed by atoms with Crippen LogP contribution in [0, 0.1) is 0 Å². The lowest BCUT2D eigenvalue weighted by atomic mass is 10.2. The molecule has 0 nitrogen and oxygen atoms in total. The van der Waals surface area contributed by atoms with Crippen molar-refractivity contribution in [3.05, 3.63) is 0 Å². The molecule has 0 radical (unpaired) electrons. The van der Waals surface area contributed by atoms with Crippen LogP contribution >= 0.6 is 47.0 Å². The Morgan fingerprint density at radius 3 is 1.56 bits per heavy atom. The highest BCUT2D eigenvalue weighted by molar-refractivity contribution is 8.09. The van der Waals surface area contributed by atoms with E-state index in [4.69, 9.17) is 0 Å². The molecule has 2 aliphatic heterocycles. The Kier molecular flexibility index (Phi) is 7.34. The van der Waals surface area contributed by atoms with Gasteiger partial charge >= 0.3 is 0 Å². The quantitative estimate of drug-likeness (QED) is 0.412. The van der Waals surface area contributed by atoms with Gasteiger partial charge in [-0.1, -0.05) is 12.8 Å². The molecule has 16 heavy (non-hydrogen) atoms. The molecular formula is C12H22S4. The van der Waals surface area contributed by atoms with Gasteiger partial charge in [0.05, 0.1) is 0 Å². The Hall–Kier alpha value is 1.40. The van der Waals surface area contributed by atoms with E-state index in [1.807, 2.05) is 0 Å². The summed E-state index contributed by atoms with van der Waals surface area (Å²) < 4.78 is 0. The van der Waals surface area contributed by atoms with Gasteiger partial charge in [0.1, 0.15) is 0 Å². The lowest BCUT2D eigenvalue weighted by Crippen LogP contribution is -1.91. The van der Waals surface area contributed by atoms with Gasteiger partial charge in [0.15, 0.2) is 0 Å². The van der Waals surface area contributed by atoms with Crippen LogP contribution in [0.1, 0.15) is 25.7 Å². The van der Waals surface area contributed by atoms with E-state index in [1.54, 1.807) is 0 Å². The van der Waals surface area contributed by atoms with Crippen LogP contribution in [0.4, 0.5) is 0 Å². The molecule has 2 unspecified atom stereocenters. The largest absolute Gasteiger partial charge is 0.161 e. The molecule has 0 bridgehead atoms. The summed E-state index contributed by atoms with van der Waals surface area (Å²) in [5, 5.41) is 2.06. The van der Waals surface area contributed by atoms with Crippen molar-refractivity contribution in [1.29, 1.82) is 0 Å². The van der Waals surface area contributed by atoms with E-state index in [9.17, 15) is 0 Å². The van der Waals surface area contributed by atoms with Crippen molar-refractivity contribution >= 4 is 47.0 Å².